The number of hydrogen-bond donors (Lipinski definition) is 0. The second-order valence-electron chi connectivity index (χ2n) is 7.18. The molecule has 0 spiro atoms. The molecule has 1 amide bonds. The number of thiazole rings is 1. The number of rotatable bonds is 5. The monoisotopic (exact) mass is 357 g/mol. The van der Waals surface area contributed by atoms with Gasteiger partial charge in [0.2, 0.25) is 5.91 Å². The minimum absolute atomic E-state index is 0.0990. The molecule has 1 aromatic heterocycles. The highest BCUT2D eigenvalue weighted by Gasteiger charge is 2.26. The van der Waals surface area contributed by atoms with Crippen molar-refractivity contribution in [1.29, 1.82) is 0 Å². The van der Waals surface area contributed by atoms with E-state index in [4.69, 9.17) is 4.98 Å². The van der Waals surface area contributed by atoms with Crippen LogP contribution in [0.1, 0.15) is 42.3 Å². The molecular formula is C20H27N3OS. The molecule has 1 aliphatic carbocycles. The van der Waals surface area contributed by atoms with Gasteiger partial charge in [0.1, 0.15) is 0 Å². The Labute approximate surface area is 154 Å². The molecule has 1 atom stereocenters. The van der Waals surface area contributed by atoms with Crippen molar-refractivity contribution < 1.29 is 4.79 Å². The van der Waals surface area contributed by atoms with Gasteiger partial charge in [-0.1, -0.05) is 30.3 Å². The zero-order valence-electron chi connectivity index (χ0n) is 15.5. The summed E-state index contributed by atoms with van der Waals surface area (Å²) in [6.07, 6.45) is 3.16. The van der Waals surface area contributed by atoms with E-state index in [1.807, 2.05) is 14.1 Å². The molecule has 134 valence electrons. The Kier molecular flexibility index (Phi) is 5.54. The first-order valence-corrected chi connectivity index (χ1v) is 9.77. The molecule has 0 saturated carbocycles. The molecule has 0 unspecified atom stereocenters. The van der Waals surface area contributed by atoms with Crippen LogP contribution in [0, 0.1) is 0 Å². The number of aryl methyl sites for hydroxylation is 1. The van der Waals surface area contributed by atoms with Gasteiger partial charge < -0.3 is 0 Å². The highest BCUT2D eigenvalue weighted by molar-refractivity contribution is 7.16. The fourth-order valence-electron chi connectivity index (χ4n) is 3.12. The summed E-state index contributed by atoms with van der Waals surface area (Å²) in [5.41, 5.74) is 2.59. The van der Waals surface area contributed by atoms with Crippen molar-refractivity contribution in [1.82, 2.24) is 9.88 Å². The Morgan fingerprint density at radius 1 is 1.28 bits per heavy atom. The number of aromatic nitrogens is 1. The summed E-state index contributed by atoms with van der Waals surface area (Å²) in [7, 11) is 3.82. The van der Waals surface area contributed by atoms with Gasteiger partial charge in [0.25, 0.3) is 0 Å². The summed E-state index contributed by atoms with van der Waals surface area (Å²) in [5.74, 6) is 0.664. The van der Waals surface area contributed by atoms with E-state index < -0.39 is 0 Å². The molecule has 0 N–H and O–H groups in total. The Morgan fingerprint density at radius 3 is 2.68 bits per heavy atom. The molecule has 0 fully saturated rings. The standard InChI is InChI=1S/C20H27N3OS/c1-14(2)22(3)13-19(24)23(4)20-21-17-11-10-16(12-18(17)25-20)15-8-6-5-7-9-15/h5-9,14,16H,10-13H2,1-4H3/t16-/m1/s1. The van der Waals surface area contributed by atoms with E-state index in [1.165, 1.54) is 16.1 Å². The highest BCUT2D eigenvalue weighted by atomic mass is 32.1. The summed E-state index contributed by atoms with van der Waals surface area (Å²) in [6, 6.07) is 11.1. The van der Waals surface area contributed by atoms with Crippen LogP contribution >= 0.6 is 11.3 Å². The number of fused-ring (bicyclic) bond motifs is 1. The lowest BCUT2D eigenvalue weighted by Gasteiger charge is -2.23. The first kappa shape index (κ1) is 18.1. The second kappa shape index (κ2) is 7.67. The molecule has 0 bridgehead atoms. The van der Waals surface area contributed by atoms with Crippen molar-refractivity contribution in [2.75, 3.05) is 25.5 Å². The van der Waals surface area contributed by atoms with Crippen molar-refractivity contribution >= 4 is 22.4 Å². The summed E-state index contributed by atoms with van der Waals surface area (Å²) < 4.78 is 0. The maximum atomic E-state index is 12.5. The summed E-state index contributed by atoms with van der Waals surface area (Å²) in [5, 5.41) is 0.834. The maximum absolute atomic E-state index is 12.5. The smallest absolute Gasteiger partial charge is 0.242 e. The number of amides is 1. The minimum atomic E-state index is 0.0990. The van der Waals surface area contributed by atoms with Crippen molar-refractivity contribution in [2.45, 2.75) is 45.1 Å². The first-order chi connectivity index (χ1) is 12.0. The minimum Gasteiger partial charge on any atom is -0.295 e. The number of carbonyl (C=O) groups excluding carboxylic acids is 1. The van der Waals surface area contributed by atoms with Gasteiger partial charge in [-0.15, -0.1) is 11.3 Å². The van der Waals surface area contributed by atoms with E-state index >= 15 is 0 Å². The number of anilines is 1. The Morgan fingerprint density at radius 2 is 2.00 bits per heavy atom. The van der Waals surface area contributed by atoms with Crippen LogP contribution in [0.4, 0.5) is 5.13 Å². The van der Waals surface area contributed by atoms with E-state index in [9.17, 15) is 4.79 Å². The van der Waals surface area contributed by atoms with Crippen molar-refractivity contribution in [3.05, 3.63) is 46.5 Å². The summed E-state index contributed by atoms with van der Waals surface area (Å²) in [4.78, 5) is 22.4. The van der Waals surface area contributed by atoms with Crippen LogP contribution in [0.15, 0.2) is 30.3 Å². The Bertz CT molecular complexity index is 726. The number of nitrogens with zero attached hydrogens (tertiary/aromatic N) is 3. The average Bonchev–Trinajstić information content (AvgIpc) is 3.04. The number of hydrogen-bond acceptors (Lipinski definition) is 4. The average molecular weight is 358 g/mol. The van der Waals surface area contributed by atoms with Gasteiger partial charge >= 0.3 is 0 Å². The van der Waals surface area contributed by atoms with Crippen LogP contribution in [0.2, 0.25) is 0 Å². The van der Waals surface area contributed by atoms with Crippen LogP contribution < -0.4 is 4.90 Å². The molecule has 2 aromatic rings. The van der Waals surface area contributed by atoms with Gasteiger partial charge in [0.05, 0.1) is 12.2 Å². The van der Waals surface area contributed by atoms with Gasteiger partial charge in [-0.25, -0.2) is 4.98 Å². The molecule has 1 heterocycles. The predicted molar refractivity (Wildman–Crippen MR) is 104 cm³/mol. The maximum Gasteiger partial charge on any atom is 0.242 e. The van der Waals surface area contributed by atoms with Gasteiger partial charge in [-0.3, -0.25) is 14.6 Å². The van der Waals surface area contributed by atoms with Gasteiger partial charge in [0.15, 0.2) is 5.13 Å². The first-order valence-electron chi connectivity index (χ1n) is 8.96. The topological polar surface area (TPSA) is 36.4 Å². The normalized spacial score (nSPS) is 17.0. The molecule has 5 heteroatoms. The Hall–Kier alpha value is -1.72. The number of benzene rings is 1. The van der Waals surface area contributed by atoms with E-state index in [-0.39, 0.29) is 5.91 Å². The van der Waals surface area contributed by atoms with E-state index in [0.717, 1.165) is 24.4 Å². The third-order valence-electron chi connectivity index (χ3n) is 5.13. The fraction of sp³-hybridized carbons (Fsp3) is 0.500. The van der Waals surface area contributed by atoms with E-state index in [1.54, 1.807) is 16.2 Å². The zero-order chi connectivity index (χ0) is 18.0. The van der Waals surface area contributed by atoms with Crippen molar-refractivity contribution in [3.8, 4) is 0 Å². The highest BCUT2D eigenvalue weighted by Crippen LogP contribution is 2.37. The van der Waals surface area contributed by atoms with Crippen molar-refractivity contribution in [3.63, 3.8) is 0 Å². The molecule has 0 aliphatic heterocycles. The van der Waals surface area contributed by atoms with Crippen LogP contribution in [-0.4, -0.2) is 42.5 Å². The largest absolute Gasteiger partial charge is 0.295 e. The van der Waals surface area contributed by atoms with Crippen LogP contribution in [0.25, 0.3) is 0 Å². The van der Waals surface area contributed by atoms with Gasteiger partial charge in [0, 0.05) is 18.0 Å². The number of carbonyl (C=O) groups is 1. The summed E-state index contributed by atoms with van der Waals surface area (Å²) >= 11 is 1.68. The lowest BCUT2D eigenvalue weighted by Crippen LogP contribution is -2.39. The zero-order valence-corrected chi connectivity index (χ0v) is 16.3. The number of likely N-dealkylation sites (N-methyl/N-ethyl adjacent to an activating group) is 2. The quantitative estimate of drug-likeness (QED) is 0.818. The fourth-order valence-corrected chi connectivity index (χ4v) is 4.29. The third-order valence-corrected chi connectivity index (χ3v) is 6.32. The van der Waals surface area contributed by atoms with Gasteiger partial charge in [-0.2, -0.15) is 0 Å². The van der Waals surface area contributed by atoms with Gasteiger partial charge in [-0.05, 0) is 51.6 Å². The summed E-state index contributed by atoms with van der Waals surface area (Å²) in [6.45, 7) is 4.61. The Balaban J connectivity index is 1.71. The molecule has 3 rings (SSSR count). The third kappa shape index (κ3) is 4.10. The van der Waals surface area contributed by atoms with Crippen LogP contribution in [0.3, 0.4) is 0 Å². The lowest BCUT2D eigenvalue weighted by atomic mass is 9.85. The second-order valence-corrected chi connectivity index (χ2v) is 8.24. The van der Waals surface area contributed by atoms with E-state index in [0.29, 0.717) is 18.5 Å². The SMILES string of the molecule is CC(C)N(C)CC(=O)N(C)c1nc2c(s1)C[C@H](c1ccccc1)CC2. The lowest BCUT2D eigenvalue weighted by molar-refractivity contribution is -0.119. The van der Waals surface area contributed by atoms with Crippen LogP contribution in [0.5, 0.6) is 0 Å². The predicted octanol–water partition coefficient (Wildman–Crippen LogP) is 3.72. The molecule has 1 aromatic carbocycles. The molecule has 0 saturated heterocycles. The molecule has 1 aliphatic rings. The molecular weight excluding hydrogens is 330 g/mol. The van der Waals surface area contributed by atoms with Crippen LogP contribution in [-0.2, 0) is 17.6 Å². The van der Waals surface area contributed by atoms with E-state index in [2.05, 4.69) is 49.1 Å². The molecule has 25 heavy (non-hydrogen) atoms. The molecule has 0 radical (unpaired) electrons. The molecule has 4 nitrogen and oxygen atoms in total. The van der Waals surface area contributed by atoms with Crippen molar-refractivity contribution in [2.24, 2.45) is 0 Å².